The average Bonchev–Trinajstić information content (AvgIpc) is 2.41. The highest BCUT2D eigenvalue weighted by atomic mass is 79.9. The smallest absolute Gasteiger partial charge is 0.242 e. The first-order valence-electron chi connectivity index (χ1n) is 6.25. The first-order valence-corrected chi connectivity index (χ1v) is 8.90. The van der Waals surface area contributed by atoms with Gasteiger partial charge >= 0.3 is 0 Å². The number of sulfonamides is 1. The molecule has 7 heteroatoms. The molecule has 112 valence electrons. The summed E-state index contributed by atoms with van der Waals surface area (Å²) in [6.07, 6.45) is 1.85. The third-order valence-corrected chi connectivity index (χ3v) is 5.15. The molecule has 0 bridgehead atoms. The van der Waals surface area contributed by atoms with Gasteiger partial charge in [-0.05, 0) is 43.2 Å². The van der Waals surface area contributed by atoms with Crippen LogP contribution in [0.4, 0.5) is 0 Å². The van der Waals surface area contributed by atoms with Gasteiger partial charge in [0.1, 0.15) is 10.0 Å². The van der Waals surface area contributed by atoms with Crippen LogP contribution in [0.3, 0.4) is 0 Å². The van der Waals surface area contributed by atoms with Crippen LogP contribution < -0.4 is 4.72 Å². The minimum Gasteiger partial charge on any atom is -0.243 e. The molecule has 4 nitrogen and oxygen atoms in total. The van der Waals surface area contributed by atoms with Crippen molar-refractivity contribution in [3.8, 4) is 0 Å². The van der Waals surface area contributed by atoms with Gasteiger partial charge in [-0.1, -0.05) is 39.7 Å². The van der Waals surface area contributed by atoms with Crippen LogP contribution in [0.1, 0.15) is 12.5 Å². The van der Waals surface area contributed by atoms with E-state index in [2.05, 4.69) is 25.6 Å². The molecule has 2 rings (SSSR count). The number of nitrogens with one attached hydrogen (secondary N) is 1. The molecule has 0 radical (unpaired) electrons. The summed E-state index contributed by atoms with van der Waals surface area (Å²) in [5.74, 6) is 0. The summed E-state index contributed by atoms with van der Waals surface area (Å²) >= 11 is 9.03. The minimum atomic E-state index is -3.58. The van der Waals surface area contributed by atoms with Gasteiger partial charge in [-0.3, -0.25) is 0 Å². The Labute approximate surface area is 137 Å². The maximum atomic E-state index is 12.2. The van der Waals surface area contributed by atoms with Crippen molar-refractivity contribution in [3.63, 3.8) is 0 Å². The summed E-state index contributed by atoms with van der Waals surface area (Å²) in [6.45, 7) is 1.82. The standard InChI is InChI=1S/C14H14BrClN2O2S/c1-10(8-11-2-4-12(15)5-3-11)18-21(19,20)13-6-7-14(16)17-9-13/h2-7,9-10,18H,8H2,1H3. The number of halogens is 2. The topological polar surface area (TPSA) is 59.1 Å². The van der Waals surface area contributed by atoms with E-state index >= 15 is 0 Å². The second-order valence-corrected chi connectivity index (χ2v) is 7.69. The molecule has 21 heavy (non-hydrogen) atoms. The number of hydrogen-bond donors (Lipinski definition) is 1. The number of nitrogens with zero attached hydrogens (tertiary/aromatic N) is 1. The van der Waals surface area contributed by atoms with Crippen LogP contribution in [0.2, 0.25) is 5.15 Å². The van der Waals surface area contributed by atoms with Crippen LogP contribution in [-0.4, -0.2) is 19.4 Å². The molecule has 1 aromatic carbocycles. The lowest BCUT2D eigenvalue weighted by Crippen LogP contribution is -2.34. The summed E-state index contributed by atoms with van der Waals surface area (Å²) < 4.78 is 28.0. The van der Waals surface area contributed by atoms with Gasteiger partial charge in [0.05, 0.1) is 0 Å². The van der Waals surface area contributed by atoms with E-state index in [4.69, 9.17) is 11.6 Å². The van der Waals surface area contributed by atoms with Crippen LogP contribution in [0.5, 0.6) is 0 Å². The monoisotopic (exact) mass is 388 g/mol. The molecule has 1 heterocycles. The molecule has 0 spiro atoms. The first-order chi connectivity index (χ1) is 9.87. The molecule has 1 atom stereocenters. The number of rotatable bonds is 5. The van der Waals surface area contributed by atoms with Gasteiger partial charge in [-0.2, -0.15) is 0 Å². The Balaban J connectivity index is 2.05. The summed E-state index contributed by atoms with van der Waals surface area (Å²) in [5, 5.41) is 0.261. The van der Waals surface area contributed by atoms with Crippen molar-refractivity contribution in [2.75, 3.05) is 0 Å². The van der Waals surface area contributed by atoms with Crippen molar-refractivity contribution >= 4 is 37.6 Å². The molecular weight excluding hydrogens is 376 g/mol. The van der Waals surface area contributed by atoms with Crippen LogP contribution in [0.25, 0.3) is 0 Å². The average molecular weight is 390 g/mol. The second kappa shape index (κ2) is 6.87. The Hall–Kier alpha value is -0.950. The Morgan fingerprint density at radius 2 is 1.90 bits per heavy atom. The maximum absolute atomic E-state index is 12.2. The fraction of sp³-hybridized carbons (Fsp3) is 0.214. The van der Waals surface area contributed by atoms with Gasteiger partial charge in [-0.15, -0.1) is 0 Å². The highest BCUT2D eigenvalue weighted by Gasteiger charge is 2.17. The maximum Gasteiger partial charge on any atom is 0.242 e. The van der Waals surface area contributed by atoms with Crippen LogP contribution >= 0.6 is 27.5 Å². The summed E-state index contributed by atoms with van der Waals surface area (Å²) in [6, 6.07) is 10.4. The predicted molar refractivity (Wildman–Crippen MR) is 86.9 cm³/mol. The third-order valence-electron chi connectivity index (χ3n) is 2.82. The van der Waals surface area contributed by atoms with Crippen molar-refractivity contribution in [2.45, 2.75) is 24.3 Å². The molecule has 2 aromatic rings. The van der Waals surface area contributed by atoms with E-state index in [1.807, 2.05) is 31.2 Å². The Morgan fingerprint density at radius 1 is 1.24 bits per heavy atom. The Kier molecular flexibility index (Phi) is 5.37. The summed E-state index contributed by atoms with van der Waals surface area (Å²) in [7, 11) is -3.58. The number of benzene rings is 1. The third kappa shape index (κ3) is 4.78. The van der Waals surface area contributed by atoms with E-state index in [-0.39, 0.29) is 16.1 Å². The molecule has 0 fully saturated rings. The van der Waals surface area contributed by atoms with E-state index in [0.29, 0.717) is 6.42 Å². The Morgan fingerprint density at radius 3 is 2.48 bits per heavy atom. The number of hydrogen-bond acceptors (Lipinski definition) is 3. The largest absolute Gasteiger partial charge is 0.243 e. The molecule has 0 saturated heterocycles. The minimum absolute atomic E-state index is 0.106. The number of pyridine rings is 1. The van der Waals surface area contributed by atoms with Crippen LogP contribution in [0, 0.1) is 0 Å². The molecule has 1 unspecified atom stereocenters. The zero-order valence-electron chi connectivity index (χ0n) is 11.3. The fourth-order valence-electron chi connectivity index (χ4n) is 1.87. The van der Waals surface area contributed by atoms with E-state index < -0.39 is 10.0 Å². The zero-order chi connectivity index (χ0) is 15.5. The van der Waals surface area contributed by atoms with E-state index in [9.17, 15) is 8.42 Å². The normalized spacial score (nSPS) is 13.1. The van der Waals surface area contributed by atoms with Crippen molar-refractivity contribution in [3.05, 3.63) is 57.8 Å². The predicted octanol–water partition coefficient (Wildman–Crippen LogP) is 3.41. The SMILES string of the molecule is CC(Cc1ccc(Br)cc1)NS(=O)(=O)c1ccc(Cl)nc1. The molecule has 0 amide bonds. The van der Waals surface area contributed by atoms with Crippen molar-refractivity contribution in [1.29, 1.82) is 0 Å². The van der Waals surface area contributed by atoms with Gasteiger partial charge in [0.25, 0.3) is 0 Å². The molecule has 0 saturated carbocycles. The molecule has 1 aromatic heterocycles. The lowest BCUT2D eigenvalue weighted by atomic mass is 10.1. The number of aromatic nitrogens is 1. The zero-order valence-corrected chi connectivity index (χ0v) is 14.4. The first kappa shape index (κ1) is 16.4. The quantitative estimate of drug-likeness (QED) is 0.797. The second-order valence-electron chi connectivity index (χ2n) is 4.67. The molecular formula is C14H14BrClN2O2S. The van der Waals surface area contributed by atoms with Gasteiger partial charge in [0, 0.05) is 16.7 Å². The molecule has 0 aliphatic carbocycles. The summed E-state index contributed by atoms with van der Waals surface area (Å²) in [4.78, 5) is 3.89. The van der Waals surface area contributed by atoms with E-state index in [0.717, 1.165) is 10.0 Å². The molecule has 1 N–H and O–H groups in total. The van der Waals surface area contributed by atoms with Crippen molar-refractivity contribution in [2.24, 2.45) is 0 Å². The van der Waals surface area contributed by atoms with Gasteiger partial charge in [-0.25, -0.2) is 18.1 Å². The highest BCUT2D eigenvalue weighted by Crippen LogP contribution is 2.14. The van der Waals surface area contributed by atoms with Crippen molar-refractivity contribution < 1.29 is 8.42 Å². The molecule has 0 aliphatic heterocycles. The van der Waals surface area contributed by atoms with Gasteiger partial charge in [0.2, 0.25) is 10.0 Å². The summed E-state index contributed by atoms with van der Waals surface area (Å²) in [5.41, 5.74) is 1.06. The lowest BCUT2D eigenvalue weighted by molar-refractivity contribution is 0.559. The lowest BCUT2D eigenvalue weighted by Gasteiger charge is -2.14. The van der Waals surface area contributed by atoms with Gasteiger partial charge < -0.3 is 0 Å². The van der Waals surface area contributed by atoms with Crippen LogP contribution in [0.15, 0.2) is 52.0 Å². The highest BCUT2D eigenvalue weighted by molar-refractivity contribution is 9.10. The van der Waals surface area contributed by atoms with E-state index in [1.54, 1.807) is 0 Å². The molecule has 0 aliphatic rings. The Bertz CT molecular complexity index is 703. The van der Waals surface area contributed by atoms with Gasteiger partial charge in [0.15, 0.2) is 0 Å². The van der Waals surface area contributed by atoms with E-state index in [1.165, 1.54) is 18.3 Å². The van der Waals surface area contributed by atoms with Crippen LogP contribution in [-0.2, 0) is 16.4 Å². The van der Waals surface area contributed by atoms with Crippen molar-refractivity contribution in [1.82, 2.24) is 9.71 Å². The fourth-order valence-corrected chi connectivity index (χ4v) is 3.43.